The number of carbonyl (C=O) groups is 1. The Morgan fingerprint density at radius 2 is 1.55 bits per heavy atom. The van der Waals surface area contributed by atoms with Crippen molar-refractivity contribution in [3.8, 4) is 11.5 Å². The highest BCUT2D eigenvalue weighted by Crippen LogP contribution is 2.22. The van der Waals surface area contributed by atoms with Crippen LogP contribution in [0.2, 0.25) is 0 Å². The number of hydrogen-bond donors (Lipinski definition) is 2. The zero-order valence-corrected chi connectivity index (χ0v) is 13.2. The fourth-order valence-electron chi connectivity index (χ4n) is 2.25. The number of rotatable bonds is 3. The van der Waals surface area contributed by atoms with Gasteiger partial charge in [-0.1, -0.05) is 0 Å². The molecule has 1 aliphatic rings. The van der Waals surface area contributed by atoms with Crippen LogP contribution in [0.15, 0.2) is 18.2 Å². The van der Waals surface area contributed by atoms with Gasteiger partial charge in [-0.2, -0.15) is 17.0 Å². The first-order valence-electron chi connectivity index (χ1n) is 6.71. The number of phenols is 2. The second-order valence-electron chi connectivity index (χ2n) is 5.22. The summed E-state index contributed by atoms with van der Waals surface area (Å²) in [5, 5.41) is 18.9. The lowest BCUT2D eigenvalue weighted by atomic mass is 10.1. The Morgan fingerprint density at radius 3 is 2.00 bits per heavy atom. The molecule has 2 N–H and O–H groups in total. The zero-order valence-electron chi connectivity index (χ0n) is 12.4. The average Bonchev–Trinajstić information content (AvgIpc) is 2.45. The van der Waals surface area contributed by atoms with Gasteiger partial charge in [0.15, 0.2) is 0 Å². The predicted octanol–water partition coefficient (Wildman–Crippen LogP) is -0.338. The monoisotopic (exact) mass is 329 g/mol. The number of piperazine rings is 1. The van der Waals surface area contributed by atoms with Gasteiger partial charge < -0.3 is 15.1 Å². The largest absolute Gasteiger partial charge is 0.508 e. The highest BCUT2D eigenvalue weighted by atomic mass is 32.2. The number of nitrogens with zero attached hydrogens (tertiary/aromatic N) is 3. The summed E-state index contributed by atoms with van der Waals surface area (Å²) in [5.74, 6) is -0.748. The maximum absolute atomic E-state index is 12.3. The van der Waals surface area contributed by atoms with Crippen molar-refractivity contribution >= 4 is 16.1 Å². The van der Waals surface area contributed by atoms with Crippen molar-refractivity contribution in [2.45, 2.75) is 0 Å². The van der Waals surface area contributed by atoms with E-state index in [9.17, 15) is 23.4 Å². The van der Waals surface area contributed by atoms with E-state index in [2.05, 4.69) is 0 Å². The first-order valence-corrected chi connectivity index (χ1v) is 8.11. The molecule has 1 amide bonds. The molecule has 0 aliphatic carbocycles. The van der Waals surface area contributed by atoms with Crippen molar-refractivity contribution in [3.05, 3.63) is 23.8 Å². The fraction of sp³-hybridized carbons (Fsp3) is 0.462. The first kappa shape index (κ1) is 16.5. The molecule has 1 aromatic rings. The van der Waals surface area contributed by atoms with Gasteiger partial charge in [-0.3, -0.25) is 4.79 Å². The van der Waals surface area contributed by atoms with Crippen LogP contribution >= 0.6 is 0 Å². The van der Waals surface area contributed by atoms with Gasteiger partial charge in [0.25, 0.3) is 16.1 Å². The highest BCUT2D eigenvalue weighted by molar-refractivity contribution is 7.86. The maximum atomic E-state index is 12.3. The third kappa shape index (κ3) is 3.32. The second-order valence-corrected chi connectivity index (χ2v) is 7.36. The Labute approximate surface area is 129 Å². The van der Waals surface area contributed by atoms with Gasteiger partial charge in [0.2, 0.25) is 0 Å². The summed E-state index contributed by atoms with van der Waals surface area (Å²) in [6.07, 6.45) is 0. The number of amides is 1. The number of benzene rings is 1. The predicted molar refractivity (Wildman–Crippen MR) is 79.9 cm³/mol. The normalized spacial score (nSPS) is 17.0. The van der Waals surface area contributed by atoms with E-state index in [0.29, 0.717) is 0 Å². The zero-order chi connectivity index (χ0) is 16.5. The van der Waals surface area contributed by atoms with Gasteiger partial charge in [-0.25, -0.2) is 0 Å². The lowest BCUT2D eigenvalue weighted by Gasteiger charge is -2.35. The van der Waals surface area contributed by atoms with Crippen LogP contribution in [0.25, 0.3) is 0 Å². The van der Waals surface area contributed by atoms with Crippen LogP contribution < -0.4 is 0 Å². The smallest absolute Gasteiger partial charge is 0.281 e. The van der Waals surface area contributed by atoms with Crippen LogP contribution in [-0.2, 0) is 10.2 Å². The molecular weight excluding hydrogens is 310 g/mol. The standard InChI is InChI=1S/C13H19N3O5S/c1-14(2)22(20,21)16-5-3-15(4-6-16)13(19)10-7-11(17)9-12(18)8-10/h7-9,17-18H,3-6H2,1-2H3. The topological polar surface area (TPSA) is 101 Å². The molecule has 0 bridgehead atoms. The van der Waals surface area contributed by atoms with Crippen molar-refractivity contribution in [2.24, 2.45) is 0 Å². The second kappa shape index (κ2) is 6.11. The molecule has 0 atom stereocenters. The molecule has 0 aromatic heterocycles. The van der Waals surface area contributed by atoms with E-state index >= 15 is 0 Å². The molecule has 9 heteroatoms. The molecule has 8 nitrogen and oxygen atoms in total. The van der Waals surface area contributed by atoms with E-state index in [1.807, 2.05) is 0 Å². The van der Waals surface area contributed by atoms with Crippen molar-refractivity contribution in [3.63, 3.8) is 0 Å². The molecule has 122 valence electrons. The van der Waals surface area contributed by atoms with E-state index in [-0.39, 0.29) is 49.1 Å². The molecule has 0 spiro atoms. The summed E-state index contributed by atoms with van der Waals surface area (Å²) in [6.45, 7) is 0.915. The van der Waals surface area contributed by atoms with Crippen molar-refractivity contribution in [2.75, 3.05) is 40.3 Å². The highest BCUT2D eigenvalue weighted by Gasteiger charge is 2.30. The minimum absolute atomic E-state index is 0.168. The molecule has 22 heavy (non-hydrogen) atoms. The fourth-order valence-corrected chi connectivity index (χ4v) is 3.34. The van der Waals surface area contributed by atoms with Crippen molar-refractivity contribution in [1.29, 1.82) is 0 Å². The summed E-state index contributed by atoms with van der Waals surface area (Å²) >= 11 is 0. The van der Waals surface area contributed by atoms with Gasteiger partial charge in [-0.05, 0) is 12.1 Å². The lowest BCUT2D eigenvalue weighted by Crippen LogP contribution is -2.53. The van der Waals surface area contributed by atoms with E-state index < -0.39 is 10.2 Å². The Bertz CT molecular complexity index is 646. The Balaban J connectivity index is 2.07. The number of phenolic OH excluding ortho intramolecular Hbond substituents is 2. The van der Waals surface area contributed by atoms with Crippen LogP contribution in [0, 0.1) is 0 Å². The molecular formula is C13H19N3O5S. The van der Waals surface area contributed by atoms with Crippen LogP contribution in [-0.4, -0.2) is 78.3 Å². The van der Waals surface area contributed by atoms with Crippen LogP contribution in [0.5, 0.6) is 11.5 Å². The summed E-state index contributed by atoms with van der Waals surface area (Å²) in [4.78, 5) is 13.8. The molecule has 0 saturated carbocycles. The van der Waals surface area contributed by atoms with Crippen LogP contribution in [0.4, 0.5) is 0 Å². The lowest BCUT2D eigenvalue weighted by molar-refractivity contribution is 0.0694. The summed E-state index contributed by atoms with van der Waals surface area (Å²) in [7, 11) is -0.557. The summed E-state index contributed by atoms with van der Waals surface area (Å²) in [6, 6.07) is 3.67. The van der Waals surface area contributed by atoms with E-state index in [4.69, 9.17) is 0 Å². The molecule has 0 radical (unpaired) electrons. The molecule has 2 rings (SSSR count). The van der Waals surface area contributed by atoms with Gasteiger partial charge in [0.05, 0.1) is 0 Å². The van der Waals surface area contributed by atoms with Crippen LogP contribution in [0.1, 0.15) is 10.4 Å². The molecule has 1 heterocycles. The number of hydrogen-bond acceptors (Lipinski definition) is 5. The Morgan fingerprint density at radius 1 is 1.05 bits per heavy atom. The Kier molecular flexibility index (Phi) is 4.59. The number of carbonyl (C=O) groups excluding carboxylic acids is 1. The van der Waals surface area contributed by atoms with Crippen LogP contribution in [0.3, 0.4) is 0 Å². The Hall–Kier alpha value is -1.84. The number of aromatic hydroxyl groups is 2. The molecule has 1 fully saturated rings. The SMILES string of the molecule is CN(C)S(=O)(=O)N1CCN(C(=O)c2cc(O)cc(O)c2)CC1. The maximum Gasteiger partial charge on any atom is 0.281 e. The van der Waals surface area contributed by atoms with Crippen molar-refractivity contribution < 1.29 is 23.4 Å². The first-order chi connectivity index (χ1) is 10.2. The van der Waals surface area contributed by atoms with Gasteiger partial charge >= 0.3 is 0 Å². The van der Waals surface area contributed by atoms with Gasteiger partial charge in [-0.15, -0.1) is 0 Å². The molecule has 1 aliphatic heterocycles. The third-order valence-corrected chi connectivity index (χ3v) is 5.40. The quantitative estimate of drug-likeness (QED) is 0.790. The van der Waals surface area contributed by atoms with Crippen molar-refractivity contribution in [1.82, 2.24) is 13.5 Å². The van der Waals surface area contributed by atoms with Gasteiger partial charge in [0.1, 0.15) is 11.5 Å². The van der Waals surface area contributed by atoms with E-state index in [1.165, 1.54) is 35.4 Å². The average molecular weight is 329 g/mol. The minimum atomic E-state index is -3.48. The summed E-state index contributed by atoms with van der Waals surface area (Å²) < 4.78 is 26.5. The molecule has 1 saturated heterocycles. The van der Waals surface area contributed by atoms with Gasteiger partial charge in [0, 0.05) is 51.9 Å². The third-order valence-electron chi connectivity index (χ3n) is 3.46. The van der Waals surface area contributed by atoms with E-state index in [1.54, 1.807) is 0 Å². The molecule has 1 aromatic carbocycles. The van der Waals surface area contributed by atoms with E-state index in [0.717, 1.165) is 10.4 Å². The minimum Gasteiger partial charge on any atom is -0.508 e. The molecule has 0 unspecified atom stereocenters. The summed E-state index contributed by atoms with van der Waals surface area (Å²) in [5.41, 5.74) is 0.168.